The quantitative estimate of drug-likeness (QED) is 0.678. The van der Waals surface area contributed by atoms with Crippen LogP contribution in [-0.4, -0.2) is 22.9 Å². The molecule has 0 aliphatic carbocycles. The third-order valence-corrected chi connectivity index (χ3v) is 4.32. The standard InChI is InChI=1S/C21H21NO3/c23-20(17-8-2-1-3-9-17)11-6-14-22(21(24)25)19-13-12-16-7-4-5-10-18(16)15-19/h1-5,7-10,12-13,15,20,23H,6,11,14H2,(H,24,25)/t20-/m1/s1. The second kappa shape index (κ2) is 7.81. The van der Waals surface area contributed by atoms with E-state index in [0.717, 1.165) is 16.3 Å². The average molecular weight is 335 g/mol. The molecule has 3 aromatic carbocycles. The molecule has 0 bridgehead atoms. The lowest BCUT2D eigenvalue weighted by Gasteiger charge is -2.20. The number of fused-ring (bicyclic) bond motifs is 1. The minimum Gasteiger partial charge on any atom is -0.465 e. The van der Waals surface area contributed by atoms with Gasteiger partial charge in [-0.25, -0.2) is 4.79 Å². The summed E-state index contributed by atoms with van der Waals surface area (Å²) in [5.41, 5.74) is 1.51. The predicted octanol–water partition coefficient (Wildman–Crippen LogP) is 4.84. The largest absolute Gasteiger partial charge is 0.465 e. The fourth-order valence-corrected chi connectivity index (χ4v) is 2.96. The molecule has 2 N–H and O–H groups in total. The maximum absolute atomic E-state index is 11.6. The van der Waals surface area contributed by atoms with Crippen molar-refractivity contribution in [3.8, 4) is 0 Å². The Bertz CT molecular complexity index is 848. The molecule has 0 heterocycles. The van der Waals surface area contributed by atoms with Crippen LogP contribution in [0.4, 0.5) is 10.5 Å². The minimum absolute atomic E-state index is 0.345. The van der Waals surface area contributed by atoms with Crippen LogP contribution in [0.25, 0.3) is 10.8 Å². The van der Waals surface area contributed by atoms with Crippen LogP contribution >= 0.6 is 0 Å². The maximum atomic E-state index is 11.6. The number of aliphatic hydroxyl groups excluding tert-OH is 1. The normalized spacial score (nSPS) is 12.0. The second-order valence-electron chi connectivity index (χ2n) is 6.03. The number of rotatable bonds is 6. The number of benzene rings is 3. The van der Waals surface area contributed by atoms with Gasteiger partial charge < -0.3 is 10.2 Å². The lowest BCUT2D eigenvalue weighted by Crippen LogP contribution is -2.30. The van der Waals surface area contributed by atoms with E-state index in [4.69, 9.17) is 0 Å². The first-order chi connectivity index (χ1) is 12.1. The van der Waals surface area contributed by atoms with Crippen molar-refractivity contribution in [3.05, 3.63) is 78.4 Å². The van der Waals surface area contributed by atoms with E-state index in [9.17, 15) is 15.0 Å². The van der Waals surface area contributed by atoms with Gasteiger partial charge in [-0.1, -0.05) is 60.7 Å². The average Bonchev–Trinajstić information content (AvgIpc) is 2.65. The van der Waals surface area contributed by atoms with Crippen LogP contribution in [0.5, 0.6) is 0 Å². The monoisotopic (exact) mass is 335 g/mol. The highest BCUT2D eigenvalue weighted by Crippen LogP contribution is 2.24. The van der Waals surface area contributed by atoms with Crippen LogP contribution in [0.3, 0.4) is 0 Å². The van der Waals surface area contributed by atoms with E-state index in [1.165, 1.54) is 4.90 Å². The fourth-order valence-electron chi connectivity index (χ4n) is 2.96. The molecular formula is C21H21NO3. The van der Waals surface area contributed by atoms with E-state index in [1.54, 1.807) is 0 Å². The van der Waals surface area contributed by atoms with Gasteiger partial charge in [-0.15, -0.1) is 0 Å². The van der Waals surface area contributed by atoms with Gasteiger partial charge in [-0.2, -0.15) is 0 Å². The first-order valence-electron chi connectivity index (χ1n) is 8.37. The third kappa shape index (κ3) is 4.17. The summed E-state index contributed by atoms with van der Waals surface area (Å²) in [5, 5.41) is 21.9. The van der Waals surface area contributed by atoms with E-state index in [2.05, 4.69) is 0 Å². The van der Waals surface area contributed by atoms with Crippen LogP contribution in [0.15, 0.2) is 72.8 Å². The van der Waals surface area contributed by atoms with E-state index < -0.39 is 12.2 Å². The minimum atomic E-state index is -0.982. The molecule has 0 fully saturated rings. The Morgan fingerprint density at radius 3 is 2.32 bits per heavy atom. The van der Waals surface area contributed by atoms with Crippen LogP contribution in [0.1, 0.15) is 24.5 Å². The van der Waals surface area contributed by atoms with Gasteiger partial charge in [0.2, 0.25) is 0 Å². The Morgan fingerprint density at radius 2 is 1.60 bits per heavy atom. The van der Waals surface area contributed by atoms with Gasteiger partial charge in [0, 0.05) is 12.2 Å². The third-order valence-electron chi connectivity index (χ3n) is 4.32. The van der Waals surface area contributed by atoms with Crippen molar-refractivity contribution in [2.24, 2.45) is 0 Å². The molecule has 3 rings (SSSR count). The summed E-state index contributed by atoms with van der Waals surface area (Å²) >= 11 is 0. The van der Waals surface area contributed by atoms with Crippen molar-refractivity contribution in [1.82, 2.24) is 0 Å². The zero-order valence-corrected chi connectivity index (χ0v) is 13.9. The molecule has 4 nitrogen and oxygen atoms in total. The van der Waals surface area contributed by atoms with Gasteiger partial charge in [0.15, 0.2) is 0 Å². The van der Waals surface area contributed by atoms with E-state index in [0.29, 0.717) is 25.1 Å². The summed E-state index contributed by atoms with van der Waals surface area (Å²) in [5.74, 6) is 0. The SMILES string of the molecule is O=C(O)N(CCC[C@@H](O)c1ccccc1)c1ccc2ccccc2c1. The van der Waals surface area contributed by atoms with Gasteiger partial charge in [0.05, 0.1) is 6.10 Å². The number of hydrogen-bond donors (Lipinski definition) is 2. The van der Waals surface area contributed by atoms with Gasteiger partial charge in [-0.3, -0.25) is 4.90 Å². The smallest absolute Gasteiger partial charge is 0.411 e. The van der Waals surface area contributed by atoms with Crippen molar-refractivity contribution in [1.29, 1.82) is 0 Å². The predicted molar refractivity (Wildman–Crippen MR) is 100.0 cm³/mol. The maximum Gasteiger partial charge on any atom is 0.411 e. The molecule has 1 amide bonds. The highest BCUT2D eigenvalue weighted by Gasteiger charge is 2.15. The van der Waals surface area contributed by atoms with Gasteiger partial charge >= 0.3 is 6.09 Å². The highest BCUT2D eigenvalue weighted by molar-refractivity contribution is 5.92. The van der Waals surface area contributed by atoms with Gasteiger partial charge in [0.25, 0.3) is 0 Å². The molecule has 4 heteroatoms. The van der Waals surface area contributed by atoms with Gasteiger partial charge in [-0.05, 0) is 41.3 Å². The Labute approximate surface area is 147 Å². The molecule has 1 atom stereocenters. The number of carbonyl (C=O) groups is 1. The van der Waals surface area contributed by atoms with Crippen LogP contribution in [-0.2, 0) is 0 Å². The van der Waals surface area contributed by atoms with Crippen LogP contribution < -0.4 is 4.90 Å². The van der Waals surface area contributed by atoms with Crippen molar-refractivity contribution >= 4 is 22.6 Å². The summed E-state index contributed by atoms with van der Waals surface area (Å²) in [6.07, 6.45) is -0.464. The molecule has 0 aliphatic rings. The first-order valence-corrected chi connectivity index (χ1v) is 8.37. The number of aliphatic hydroxyl groups is 1. The number of hydrogen-bond acceptors (Lipinski definition) is 2. The molecule has 0 aromatic heterocycles. The van der Waals surface area contributed by atoms with Crippen molar-refractivity contribution in [2.75, 3.05) is 11.4 Å². The molecule has 0 spiro atoms. The zero-order valence-electron chi connectivity index (χ0n) is 13.9. The Balaban J connectivity index is 1.67. The van der Waals surface area contributed by atoms with Gasteiger partial charge in [0.1, 0.15) is 0 Å². The lowest BCUT2D eigenvalue weighted by atomic mass is 10.0. The number of nitrogens with zero attached hydrogens (tertiary/aromatic N) is 1. The summed E-state index contributed by atoms with van der Waals surface area (Å²) in [6.45, 7) is 0.345. The van der Waals surface area contributed by atoms with Crippen LogP contribution in [0, 0.1) is 0 Å². The number of carboxylic acid groups (broad SMARTS) is 1. The van der Waals surface area contributed by atoms with E-state index in [1.807, 2.05) is 72.8 Å². The van der Waals surface area contributed by atoms with Crippen molar-refractivity contribution < 1.29 is 15.0 Å². The molecule has 0 radical (unpaired) electrons. The van der Waals surface area contributed by atoms with E-state index >= 15 is 0 Å². The van der Waals surface area contributed by atoms with E-state index in [-0.39, 0.29) is 0 Å². The molecule has 0 saturated carbocycles. The molecule has 25 heavy (non-hydrogen) atoms. The first kappa shape index (κ1) is 17.0. The highest BCUT2D eigenvalue weighted by atomic mass is 16.4. The summed E-state index contributed by atoms with van der Waals surface area (Å²) < 4.78 is 0. The van der Waals surface area contributed by atoms with Crippen LogP contribution in [0.2, 0.25) is 0 Å². The summed E-state index contributed by atoms with van der Waals surface area (Å²) in [7, 11) is 0. The molecule has 3 aromatic rings. The topological polar surface area (TPSA) is 60.8 Å². The molecule has 0 aliphatic heterocycles. The van der Waals surface area contributed by atoms with Crippen molar-refractivity contribution in [2.45, 2.75) is 18.9 Å². The number of amides is 1. The Kier molecular flexibility index (Phi) is 5.31. The van der Waals surface area contributed by atoms with Crippen molar-refractivity contribution in [3.63, 3.8) is 0 Å². The molecule has 0 saturated heterocycles. The molecular weight excluding hydrogens is 314 g/mol. The summed E-state index contributed by atoms with van der Waals surface area (Å²) in [4.78, 5) is 13.0. The Morgan fingerprint density at radius 1 is 0.920 bits per heavy atom. The zero-order chi connectivity index (χ0) is 17.6. The lowest BCUT2D eigenvalue weighted by molar-refractivity contribution is 0.164. The number of anilines is 1. The fraction of sp³-hybridized carbons (Fsp3) is 0.190. The Hall–Kier alpha value is -2.85. The molecule has 0 unspecified atom stereocenters. The second-order valence-corrected chi connectivity index (χ2v) is 6.03. The molecule has 128 valence electrons. The summed E-state index contributed by atoms with van der Waals surface area (Å²) in [6, 6.07) is 22.9.